The van der Waals surface area contributed by atoms with Gasteiger partial charge in [0.25, 0.3) is 0 Å². The van der Waals surface area contributed by atoms with Crippen molar-refractivity contribution in [2.24, 2.45) is 0 Å². The van der Waals surface area contributed by atoms with Crippen LogP contribution in [0.1, 0.15) is 0 Å². The molecule has 6 nitrogen and oxygen atoms in total. The van der Waals surface area contributed by atoms with E-state index >= 15 is 0 Å². The summed E-state index contributed by atoms with van der Waals surface area (Å²) in [6, 6.07) is 2.83. The first-order chi connectivity index (χ1) is 7.82. The van der Waals surface area contributed by atoms with Crippen LogP contribution in [0.2, 0.25) is 0 Å². The molecule has 0 radical (unpaired) electrons. The Balaban J connectivity index is 3.82. The zero-order valence-corrected chi connectivity index (χ0v) is 12.4. The number of sulfone groups is 3. The van der Waals surface area contributed by atoms with Gasteiger partial charge in [0.2, 0.25) is 0 Å². The van der Waals surface area contributed by atoms with Crippen LogP contribution in [-0.4, -0.2) is 44.0 Å². The minimum atomic E-state index is -3.70. The molecular formula is C9H12O6S3. The Hall–Kier alpha value is -0.930. The summed E-state index contributed by atoms with van der Waals surface area (Å²) in [4.78, 5) is -1.03. The molecule has 0 heterocycles. The summed E-state index contributed by atoms with van der Waals surface area (Å²) in [7, 11) is -11.1. The number of benzene rings is 1. The van der Waals surface area contributed by atoms with Gasteiger partial charge in [-0.3, -0.25) is 0 Å². The second-order valence-electron chi connectivity index (χ2n) is 3.96. The smallest absolute Gasteiger partial charge is 0.175 e. The van der Waals surface area contributed by atoms with Crippen molar-refractivity contribution in [1.82, 2.24) is 0 Å². The third-order valence-electron chi connectivity index (χ3n) is 2.14. The van der Waals surface area contributed by atoms with Crippen LogP contribution in [0, 0.1) is 0 Å². The fourth-order valence-electron chi connectivity index (χ4n) is 1.19. The molecule has 18 heavy (non-hydrogen) atoms. The molecule has 0 aliphatic rings. The molecule has 1 aromatic carbocycles. The predicted octanol–water partition coefficient (Wildman–Crippen LogP) is -0.103. The Morgan fingerprint density at radius 3 is 0.833 bits per heavy atom. The third-order valence-corrected chi connectivity index (χ3v) is 5.41. The van der Waals surface area contributed by atoms with Crippen LogP contribution >= 0.6 is 0 Å². The minimum absolute atomic E-state index is 0.342. The van der Waals surface area contributed by atoms with E-state index in [-0.39, 0.29) is 14.7 Å². The van der Waals surface area contributed by atoms with E-state index in [2.05, 4.69) is 0 Å². The van der Waals surface area contributed by atoms with Gasteiger partial charge >= 0.3 is 0 Å². The highest BCUT2D eigenvalue weighted by molar-refractivity contribution is 7.92. The van der Waals surface area contributed by atoms with Crippen molar-refractivity contribution in [3.63, 3.8) is 0 Å². The highest BCUT2D eigenvalue weighted by Gasteiger charge is 2.19. The van der Waals surface area contributed by atoms with Crippen molar-refractivity contribution in [3.8, 4) is 0 Å². The first kappa shape index (κ1) is 15.1. The standard InChI is InChI=1S/C9H12O6S3/c1-16(10,11)7-4-8(17(2,12)13)6-9(5-7)18(3,14)15/h4-6H,1-3H3. The number of rotatable bonds is 3. The Bertz CT molecular complexity index is 663. The third kappa shape index (κ3) is 3.53. The molecule has 9 heteroatoms. The first-order valence-electron chi connectivity index (χ1n) is 4.57. The molecule has 0 saturated carbocycles. The van der Waals surface area contributed by atoms with Crippen molar-refractivity contribution in [3.05, 3.63) is 18.2 Å². The van der Waals surface area contributed by atoms with E-state index in [1.165, 1.54) is 0 Å². The topological polar surface area (TPSA) is 102 Å². The van der Waals surface area contributed by atoms with Gasteiger partial charge in [0.1, 0.15) is 0 Å². The van der Waals surface area contributed by atoms with Crippen LogP contribution in [0.5, 0.6) is 0 Å². The lowest BCUT2D eigenvalue weighted by molar-refractivity contribution is 0.598. The van der Waals surface area contributed by atoms with Crippen LogP contribution in [-0.2, 0) is 29.5 Å². The Labute approximate surface area is 106 Å². The van der Waals surface area contributed by atoms with Crippen LogP contribution in [0.3, 0.4) is 0 Å². The molecule has 0 atom stereocenters. The van der Waals surface area contributed by atoms with Crippen molar-refractivity contribution in [1.29, 1.82) is 0 Å². The Morgan fingerprint density at radius 1 is 0.556 bits per heavy atom. The van der Waals surface area contributed by atoms with E-state index in [1.54, 1.807) is 0 Å². The fourth-order valence-corrected chi connectivity index (χ4v) is 3.46. The minimum Gasteiger partial charge on any atom is -0.224 e. The largest absolute Gasteiger partial charge is 0.224 e. The molecule has 1 rings (SSSR count). The second kappa shape index (κ2) is 4.32. The molecule has 0 aromatic heterocycles. The van der Waals surface area contributed by atoms with Gasteiger partial charge < -0.3 is 0 Å². The second-order valence-corrected chi connectivity index (χ2v) is 10.0. The summed E-state index contributed by atoms with van der Waals surface area (Å²) in [6.07, 6.45) is 2.63. The maximum absolute atomic E-state index is 11.4. The summed E-state index contributed by atoms with van der Waals surface area (Å²) >= 11 is 0. The average Bonchev–Trinajstić information content (AvgIpc) is 2.13. The van der Waals surface area contributed by atoms with Gasteiger partial charge in [-0.1, -0.05) is 0 Å². The molecule has 0 spiro atoms. The summed E-state index contributed by atoms with van der Waals surface area (Å²) in [6.45, 7) is 0. The Kier molecular flexibility index (Phi) is 3.63. The molecule has 0 N–H and O–H groups in total. The first-order valence-corrected chi connectivity index (χ1v) is 10.2. The lowest BCUT2D eigenvalue weighted by Crippen LogP contribution is -2.06. The zero-order chi connectivity index (χ0) is 14.4. The molecule has 0 aliphatic carbocycles. The van der Waals surface area contributed by atoms with Crippen molar-refractivity contribution < 1.29 is 25.3 Å². The molecule has 0 saturated heterocycles. The predicted molar refractivity (Wildman–Crippen MR) is 65.8 cm³/mol. The van der Waals surface area contributed by atoms with Gasteiger partial charge in [-0.2, -0.15) is 0 Å². The maximum atomic E-state index is 11.4. The van der Waals surface area contributed by atoms with Crippen LogP contribution in [0.15, 0.2) is 32.9 Å². The highest BCUT2D eigenvalue weighted by Crippen LogP contribution is 2.22. The van der Waals surface area contributed by atoms with Gasteiger partial charge in [-0.15, -0.1) is 0 Å². The highest BCUT2D eigenvalue weighted by atomic mass is 32.2. The molecule has 1 aromatic rings. The quantitative estimate of drug-likeness (QED) is 0.772. The van der Waals surface area contributed by atoms with E-state index in [1.807, 2.05) is 0 Å². The van der Waals surface area contributed by atoms with Gasteiger partial charge in [0.05, 0.1) is 14.7 Å². The van der Waals surface area contributed by atoms with Crippen molar-refractivity contribution >= 4 is 29.5 Å². The van der Waals surface area contributed by atoms with Crippen LogP contribution < -0.4 is 0 Å². The summed E-state index contributed by atoms with van der Waals surface area (Å²) < 4.78 is 68.4. The summed E-state index contributed by atoms with van der Waals surface area (Å²) in [5.41, 5.74) is 0. The summed E-state index contributed by atoms with van der Waals surface area (Å²) in [5.74, 6) is 0. The monoisotopic (exact) mass is 312 g/mol. The summed E-state index contributed by atoms with van der Waals surface area (Å²) in [5, 5.41) is 0. The maximum Gasteiger partial charge on any atom is 0.175 e. The van der Waals surface area contributed by atoms with E-state index in [4.69, 9.17) is 0 Å². The molecule has 102 valence electrons. The van der Waals surface area contributed by atoms with E-state index in [0.717, 1.165) is 37.0 Å². The van der Waals surface area contributed by atoms with E-state index < -0.39 is 29.5 Å². The fraction of sp³-hybridized carbons (Fsp3) is 0.333. The molecule has 0 aliphatic heterocycles. The molecule has 0 unspecified atom stereocenters. The van der Waals surface area contributed by atoms with Gasteiger partial charge in [0.15, 0.2) is 29.5 Å². The van der Waals surface area contributed by atoms with E-state index in [9.17, 15) is 25.3 Å². The number of hydrogen-bond donors (Lipinski definition) is 0. The number of hydrogen-bond acceptors (Lipinski definition) is 6. The molecule has 0 amide bonds. The van der Waals surface area contributed by atoms with Crippen LogP contribution in [0.25, 0.3) is 0 Å². The van der Waals surface area contributed by atoms with Crippen molar-refractivity contribution in [2.75, 3.05) is 18.8 Å². The average molecular weight is 312 g/mol. The lowest BCUT2D eigenvalue weighted by Gasteiger charge is -2.06. The van der Waals surface area contributed by atoms with Gasteiger partial charge in [-0.25, -0.2) is 25.3 Å². The van der Waals surface area contributed by atoms with E-state index in [0.29, 0.717) is 0 Å². The van der Waals surface area contributed by atoms with Gasteiger partial charge in [-0.05, 0) is 18.2 Å². The molecule has 0 bridgehead atoms. The van der Waals surface area contributed by atoms with Crippen molar-refractivity contribution in [2.45, 2.75) is 14.7 Å². The normalized spacial score (nSPS) is 13.5. The Morgan fingerprint density at radius 2 is 0.722 bits per heavy atom. The molecule has 0 fully saturated rings. The zero-order valence-electron chi connectivity index (χ0n) is 9.91. The molecular weight excluding hydrogens is 300 g/mol. The van der Waals surface area contributed by atoms with Crippen LogP contribution in [0.4, 0.5) is 0 Å². The SMILES string of the molecule is CS(=O)(=O)c1cc(S(C)(=O)=O)cc(S(C)(=O)=O)c1. The lowest BCUT2D eigenvalue weighted by atomic mass is 10.4. The van der Waals surface area contributed by atoms with Gasteiger partial charge in [0, 0.05) is 18.8 Å².